The van der Waals surface area contributed by atoms with E-state index in [1.807, 2.05) is 25.2 Å². The van der Waals surface area contributed by atoms with Gasteiger partial charge in [-0.3, -0.25) is 4.90 Å². The van der Waals surface area contributed by atoms with Crippen LogP contribution in [0.1, 0.15) is 31.2 Å². The Bertz CT molecular complexity index is 782. The van der Waals surface area contributed by atoms with Crippen LogP contribution in [0.5, 0.6) is 0 Å². The number of nitrogen functional groups attached to an aromatic ring is 1. The average molecular weight is 336 g/mol. The maximum atomic E-state index is 5.86. The molecule has 3 N–H and O–H groups in total. The fourth-order valence-electron chi connectivity index (χ4n) is 2.75. The topological polar surface area (TPSA) is 80.0 Å². The highest BCUT2D eigenvalue weighted by molar-refractivity contribution is 5.40. The Kier molecular flexibility index (Phi) is 5.40. The van der Waals surface area contributed by atoms with Crippen molar-refractivity contribution >= 4 is 11.9 Å². The third-order valence-electron chi connectivity index (χ3n) is 4.04. The first-order valence-electron chi connectivity index (χ1n) is 8.45. The van der Waals surface area contributed by atoms with Crippen LogP contribution in [0.25, 0.3) is 0 Å². The molecular weight excluding hydrogens is 312 g/mol. The van der Waals surface area contributed by atoms with E-state index in [1.165, 1.54) is 11.1 Å². The van der Waals surface area contributed by atoms with Gasteiger partial charge in [0.2, 0.25) is 11.9 Å². The van der Waals surface area contributed by atoms with Crippen molar-refractivity contribution in [3.63, 3.8) is 0 Å². The molecule has 1 heterocycles. The van der Waals surface area contributed by atoms with Crippen molar-refractivity contribution in [2.75, 3.05) is 18.1 Å². The van der Waals surface area contributed by atoms with E-state index in [0.29, 0.717) is 18.3 Å². The summed E-state index contributed by atoms with van der Waals surface area (Å²) in [6.45, 7) is 3.56. The van der Waals surface area contributed by atoms with Gasteiger partial charge in [0.15, 0.2) is 0 Å². The van der Waals surface area contributed by atoms with Crippen LogP contribution in [-0.4, -0.2) is 26.9 Å². The zero-order valence-electron chi connectivity index (χ0n) is 14.7. The first-order valence-corrected chi connectivity index (χ1v) is 8.45. The molecule has 6 nitrogen and oxygen atoms in total. The Morgan fingerprint density at radius 1 is 1.04 bits per heavy atom. The van der Waals surface area contributed by atoms with Gasteiger partial charge in [-0.2, -0.15) is 15.0 Å². The van der Waals surface area contributed by atoms with Crippen molar-refractivity contribution in [1.29, 1.82) is 0 Å². The smallest absolute Gasteiger partial charge is 0.232 e. The van der Waals surface area contributed by atoms with E-state index in [4.69, 9.17) is 5.73 Å². The molecule has 0 spiro atoms. The summed E-state index contributed by atoms with van der Waals surface area (Å²) in [5.74, 6) is 1.41. The normalized spacial score (nSPS) is 14.2. The lowest BCUT2D eigenvalue weighted by atomic mass is 10.0. The molecule has 1 aromatic carbocycles. The van der Waals surface area contributed by atoms with Crippen molar-refractivity contribution in [2.24, 2.45) is 0 Å². The number of benzene rings is 1. The second-order valence-corrected chi connectivity index (χ2v) is 6.42. The summed E-state index contributed by atoms with van der Waals surface area (Å²) < 4.78 is 0. The molecule has 6 heteroatoms. The maximum Gasteiger partial charge on any atom is 0.232 e. The van der Waals surface area contributed by atoms with Gasteiger partial charge >= 0.3 is 0 Å². The SMILES string of the molecule is CC1=CC=C(Nc2nc(N)nc(CN(C)Cc3ccccc3)n2)CC1. The minimum absolute atomic E-state index is 0.240. The van der Waals surface area contributed by atoms with Gasteiger partial charge in [0.1, 0.15) is 5.82 Å². The monoisotopic (exact) mass is 336 g/mol. The molecular formula is C19H24N6. The molecule has 2 aromatic rings. The largest absolute Gasteiger partial charge is 0.368 e. The highest BCUT2D eigenvalue weighted by atomic mass is 15.2. The number of hydrogen-bond donors (Lipinski definition) is 2. The molecule has 0 fully saturated rings. The molecule has 0 aliphatic heterocycles. The van der Waals surface area contributed by atoms with Gasteiger partial charge in [-0.1, -0.05) is 42.0 Å². The summed E-state index contributed by atoms with van der Waals surface area (Å²) in [6.07, 6.45) is 6.19. The quantitative estimate of drug-likeness (QED) is 0.844. The minimum atomic E-state index is 0.240. The standard InChI is InChI=1S/C19H24N6/c1-14-8-10-16(11-9-14)21-19-23-17(22-18(20)24-19)13-25(2)12-15-6-4-3-5-7-15/h3-8,10H,9,11-13H2,1-2H3,(H3,20,21,22,23,24). The Balaban J connectivity index is 1.67. The van der Waals surface area contributed by atoms with Crippen molar-refractivity contribution in [3.05, 3.63) is 65.1 Å². The molecule has 0 unspecified atom stereocenters. The predicted octanol–water partition coefficient (Wildman–Crippen LogP) is 3.12. The highest BCUT2D eigenvalue weighted by Gasteiger charge is 2.10. The molecule has 1 aromatic heterocycles. The van der Waals surface area contributed by atoms with Crippen molar-refractivity contribution in [1.82, 2.24) is 19.9 Å². The summed E-state index contributed by atoms with van der Waals surface area (Å²) >= 11 is 0. The molecule has 0 saturated carbocycles. The van der Waals surface area contributed by atoms with Gasteiger partial charge in [0, 0.05) is 12.2 Å². The van der Waals surface area contributed by atoms with Crippen LogP contribution in [0.4, 0.5) is 11.9 Å². The average Bonchev–Trinajstić information content (AvgIpc) is 2.57. The van der Waals surface area contributed by atoms with E-state index in [0.717, 1.165) is 25.1 Å². The summed E-state index contributed by atoms with van der Waals surface area (Å²) in [5, 5.41) is 3.26. The molecule has 1 aliphatic carbocycles. The Morgan fingerprint density at radius 3 is 2.56 bits per heavy atom. The van der Waals surface area contributed by atoms with Crippen LogP contribution >= 0.6 is 0 Å². The number of aromatic nitrogens is 3. The van der Waals surface area contributed by atoms with Crippen molar-refractivity contribution in [2.45, 2.75) is 32.9 Å². The Labute approximate surface area is 148 Å². The zero-order chi connectivity index (χ0) is 17.6. The third kappa shape index (κ3) is 5.12. The Morgan fingerprint density at radius 2 is 1.84 bits per heavy atom. The van der Waals surface area contributed by atoms with Gasteiger partial charge in [0.25, 0.3) is 0 Å². The highest BCUT2D eigenvalue weighted by Crippen LogP contribution is 2.19. The van der Waals surface area contributed by atoms with Crippen LogP contribution in [-0.2, 0) is 13.1 Å². The second kappa shape index (κ2) is 7.90. The Hall–Kier alpha value is -2.73. The van der Waals surface area contributed by atoms with Gasteiger partial charge < -0.3 is 11.1 Å². The van der Waals surface area contributed by atoms with Gasteiger partial charge in [-0.25, -0.2) is 0 Å². The van der Waals surface area contributed by atoms with E-state index in [9.17, 15) is 0 Å². The van der Waals surface area contributed by atoms with Crippen molar-refractivity contribution < 1.29 is 0 Å². The number of nitrogens with zero attached hydrogens (tertiary/aromatic N) is 4. The molecule has 25 heavy (non-hydrogen) atoms. The summed E-state index contributed by atoms with van der Waals surface area (Å²) in [7, 11) is 2.04. The van der Waals surface area contributed by atoms with Gasteiger partial charge in [0.05, 0.1) is 6.54 Å². The van der Waals surface area contributed by atoms with E-state index >= 15 is 0 Å². The fraction of sp³-hybridized carbons (Fsp3) is 0.316. The summed E-state index contributed by atoms with van der Waals surface area (Å²) in [6, 6.07) is 10.3. The third-order valence-corrected chi connectivity index (χ3v) is 4.04. The minimum Gasteiger partial charge on any atom is -0.368 e. The van der Waals surface area contributed by atoms with Crippen LogP contribution in [0.2, 0.25) is 0 Å². The lowest BCUT2D eigenvalue weighted by Gasteiger charge is -2.17. The summed E-state index contributed by atoms with van der Waals surface area (Å²) in [5.41, 5.74) is 9.59. The zero-order valence-corrected chi connectivity index (χ0v) is 14.7. The molecule has 1 aliphatic rings. The maximum absolute atomic E-state index is 5.86. The molecule has 0 radical (unpaired) electrons. The van der Waals surface area contributed by atoms with Gasteiger partial charge in [-0.15, -0.1) is 0 Å². The molecule has 0 atom stereocenters. The number of nitrogens with two attached hydrogens (primary N) is 1. The first-order chi connectivity index (χ1) is 12.1. The molecule has 0 amide bonds. The lowest BCUT2D eigenvalue weighted by molar-refractivity contribution is 0.310. The van der Waals surface area contributed by atoms with E-state index in [2.05, 4.69) is 56.4 Å². The second-order valence-electron chi connectivity index (χ2n) is 6.42. The van der Waals surface area contributed by atoms with E-state index in [-0.39, 0.29) is 5.95 Å². The predicted molar refractivity (Wildman–Crippen MR) is 101 cm³/mol. The van der Waals surface area contributed by atoms with Gasteiger partial charge in [-0.05, 0) is 38.5 Å². The lowest BCUT2D eigenvalue weighted by Crippen LogP contribution is -2.20. The number of nitrogens with one attached hydrogen (secondary N) is 1. The van der Waals surface area contributed by atoms with Crippen LogP contribution in [0.15, 0.2) is 53.8 Å². The van der Waals surface area contributed by atoms with Crippen molar-refractivity contribution in [3.8, 4) is 0 Å². The molecule has 3 rings (SSSR count). The number of hydrogen-bond acceptors (Lipinski definition) is 6. The molecule has 130 valence electrons. The first kappa shape index (κ1) is 17.1. The van der Waals surface area contributed by atoms with E-state index < -0.39 is 0 Å². The summed E-state index contributed by atoms with van der Waals surface area (Å²) in [4.78, 5) is 15.1. The molecule has 0 bridgehead atoms. The van der Waals surface area contributed by atoms with E-state index in [1.54, 1.807) is 0 Å². The fourth-order valence-corrected chi connectivity index (χ4v) is 2.75. The number of anilines is 2. The number of allylic oxidation sites excluding steroid dienone is 4. The van der Waals surface area contributed by atoms with Crippen LogP contribution < -0.4 is 11.1 Å². The molecule has 0 saturated heterocycles. The van der Waals surface area contributed by atoms with Crippen LogP contribution in [0, 0.1) is 0 Å². The van der Waals surface area contributed by atoms with Crippen LogP contribution in [0.3, 0.4) is 0 Å². The number of rotatable bonds is 6.